The van der Waals surface area contributed by atoms with Gasteiger partial charge in [-0.25, -0.2) is 0 Å². The van der Waals surface area contributed by atoms with Crippen molar-refractivity contribution in [2.24, 2.45) is 0 Å². The number of aliphatic hydroxyl groups excluding tert-OH is 1. The van der Waals surface area contributed by atoms with Gasteiger partial charge in [0, 0.05) is 12.6 Å². The normalized spacial score (nSPS) is 16.1. The number of likely N-dealkylation sites (N-methyl/N-ethyl adjacent to an activating group) is 1. The van der Waals surface area contributed by atoms with Crippen LogP contribution in [0.15, 0.2) is 0 Å². The molecule has 0 spiro atoms. The van der Waals surface area contributed by atoms with E-state index < -0.39 is 12.1 Å². The third-order valence-corrected chi connectivity index (χ3v) is 1.77. The lowest BCUT2D eigenvalue weighted by atomic mass is 10.2. The molecule has 4 nitrogen and oxygen atoms in total. The molecule has 0 aliphatic carbocycles. The van der Waals surface area contributed by atoms with Gasteiger partial charge in [0.2, 0.25) is 0 Å². The predicted octanol–water partition coefficient (Wildman–Crippen LogP) is 0.162. The molecule has 0 heterocycles. The van der Waals surface area contributed by atoms with Crippen molar-refractivity contribution in [3.8, 4) is 0 Å². The molecule has 0 radical (unpaired) electrons. The van der Waals surface area contributed by atoms with E-state index in [1.54, 1.807) is 14.0 Å². The van der Waals surface area contributed by atoms with E-state index in [-0.39, 0.29) is 12.5 Å². The molecule has 0 aliphatic rings. The largest absolute Gasteiger partial charge is 0.481 e. The molecule has 0 aromatic rings. The van der Waals surface area contributed by atoms with Crippen molar-refractivity contribution in [2.45, 2.75) is 32.4 Å². The number of carboxylic acids is 1. The second-order valence-corrected chi connectivity index (χ2v) is 3.24. The van der Waals surface area contributed by atoms with Crippen LogP contribution in [0.5, 0.6) is 0 Å². The Morgan fingerprint density at radius 3 is 2.33 bits per heavy atom. The number of carbonyl (C=O) groups is 1. The maximum absolute atomic E-state index is 10.3. The fourth-order valence-corrected chi connectivity index (χ4v) is 1.01. The Morgan fingerprint density at radius 2 is 2.00 bits per heavy atom. The van der Waals surface area contributed by atoms with Crippen LogP contribution in [0, 0.1) is 0 Å². The number of carboxylic acid groups (broad SMARTS) is 1. The van der Waals surface area contributed by atoms with Gasteiger partial charge in [-0.3, -0.25) is 4.79 Å². The fourth-order valence-electron chi connectivity index (χ4n) is 1.01. The average molecular weight is 175 g/mol. The van der Waals surface area contributed by atoms with Gasteiger partial charge in [-0.05, 0) is 20.9 Å². The van der Waals surface area contributed by atoms with E-state index >= 15 is 0 Å². The minimum Gasteiger partial charge on any atom is -0.481 e. The molecule has 0 fully saturated rings. The Kier molecular flexibility index (Phi) is 4.85. The van der Waals surface area contributed by atoms with E-state index in [1.807, 2.05) is 11.8 Å². The lowest BCUT2D eigenvalue weighted by molar-refractivity contribution is -0.138. The maximum Gasteiger partial charge on any atom is 0.304 e. The molecule has 2 atom stereocenters. The SMILES string of the molecule is CC(O)CN(C)C(C)CC(=O)O. The molecule has 0 aliphatic heterocycles. The zero-order valence-corrected chi connectivity index (χ0v) is 7.82. The number of nitrogens with zero attached hydrogens (tertiary/aromatic N) is 1. The van der Waals surface area contributed by atoms with Gasteiger partial charge in [0.15, 0.2) is 0 Å². The number of aliphatic carboxylic acids is 1. The van der Waals surface area contributed by atoms with Gasteiger partial charge in [0.25, 0.3) is 0 Å². The molecule has 4 heteroatoms. The summed E-state index contributed by atoms with van der Waals surface area (Å²) in [6.45, 7) is 4.02. The van der Waals surface area contributed by atoms with Gasteiger partial charge in [-0.2, -0.15) is 0 Å². The first-order valence-corrected chi connectivity index (χ1v) is 4.03. The molecule has 0 aromatic carbocycles. The Bertz CT molecular complexity index is 147. The van der Waals surface area contributed by atoms with Crippen molar-refractivity contribution in [2.75, 3.05) is 13.6 Å². The van der Waals surface area contributed by atoms with Gasteiger partial charge in [0.05, 0.1) is 12.5 Å². The van der Waals surface area contributed by atoms with Crippen molar-refractivity contribution in [1.29, 1.82) is 0 Å². The monoisotopic (exact) mass is 175 g/mol. The molecule has 0 saturated carbocycles. The first-order chi connectivity index (χ1) is 5.43. The molecule has 12 heavy (non-hydrogen) atoms. The number of aliphatic hydroxyl groups is 1. The van der Waals surface area contributed by atoms with Crippen LogP contribution >= 0.6 is 0 Å². The zero-order valence-electron chi connectivity index (χ0n) is 7.82. The molecular weight excluding hydrogens is 158 g/mol. The van der Waals surface area contributed by atoms with Crippen LogP contribution in [0.2, 0.25) is 0 Å². The summed E-state index contributed by atoms with van der Waals surface area (Å²) in [5.41, 5.74) is 0. The summed E-state index contributed by atoms with van der Waals surface area (Å²) >= 11 is 0. The van der Waals surface area contributed by atoms with Crippen LogP contribution in [0.4, 0.5) is 0 Å². The summed E-state index contributed by atoms with van der Waals surface area (Å²) in [7, 11) is 1.81. The molecule has 2 unspecified atom stereocenters. The highest BCUT2D eigenvalue weighted by atomic mass is 16.4. The van der Waals surface area contributed by atoms with Gasteiger partial charge in [0.1, 0.15) is 0 Å². The summed E-state index contributed by atoms with van der Waals surface area (Å²) in [6.07, 6.45) is -0.297. The summed E-state index contributed by atoms with van der Waals surface area (Å²) < 4.78 is 0. The van der Waals surface area contributed by atoms with E-state index in [2.05, 4.69) is 0 Å². The van der Waals surface area contributed by atoms with Gasteiger partial charge < -0.3 is 15.1 Å². The minimum absolute atomic E-state index is 0.0305. The summed E-state index contributed by atoms with van der Waals surface area (Å²) in [6, 6.07) is -0.0305. The molecule has 72 valence electrons. The Balaban J connectivity index is 3.76. The summed E-state index contributed by atoms with van der Waals surface area (Å²) in [5.74, 6) is -0.806. The van der Waals surface area contributed by atoms with Crippen molar-refractivity contribution in [3.05, 3.63) is 0 Å². The van der Waals surface area contributed by atoms with Crippen LogP contribution in [0.1, 0.15) is 20.3 Å². The van der Waals surface area contributed by atoms with E-state index in [4.69, 9.17) is 10.2 Å². The molecule has 0 amide bonds. The van der Waals surface area contributed by atoms with Crippen LogP contribution in [0.25, 0.3) is 0 Å². The van der Waals surface area contributed by atoms with Crippen LogP contribution < -0.4 is 0 Å². The number of hydrogen-bond donors (Lipinski definition) is 2. The lowest BCUT2D eigenvalue weighted by Crippen LogP contribution is -2.36. The molecule has 0 bridgehead atoms. The van der Waals surface area contributed by atoms with Gasteiger partial charge >= 0.3 is 5.97 Å². The number of rotatable bonds is 5. The second kappa shape index (κ2) is 5.11. The van der Waals surface area contributed by atoms with E-state index in [1.165, 1.54) is 0 Å². The topological polar surface area (TPSA) is 60.8 Å². The Labute approximate surface area is 72.8 Å². The van der Waals surface area contributed by atoms with Crippen molar-refractivity contribution < 1.29 is 15.0 Å². The van der Waals surface area contributed by atoms with Crippen LogP contribution in [-0.2, 0) is 4.79 Å². The lowest BCUT2D eigenvalue weighted by Gasteiger charge is -2.24. The van der Waals surface area contributed by atoms with Crippen molar-refractivity contribution >= 4 is 5.97 Å². The van der Waals surface area contributed by atoms with E-state index in [9.17, 15) is 4.79 Å². The summed E-state index contributed by atoms with van der Waals surface area (Å²) in [5, 5.41) is 17.5. The molecule has 2 N–H and O–H groups in total. The number of hydrogen-bond acceptors (Lipinski definition) is 3. The van der Waals surface area contributed by atoms with Crippen molar-refractivity contribution in [3.63, 3.8) is 0 Å². The predicted molar refractivity (Wildman–Crippen MR) is 46.0 cm³/mol. The summed E-state index contributed by atoms with van der Waals surface area (Å²) in [4.78, 5) is 12.1. The third kappa shape index (κ3) is 5.09. The third-order valence-electron chi connectivity index (χ3n) is 1.77. The van der Waals surface area contributed by atoms with E-state index in [0.29, 0.717) is 6.54 Å². The maximum atomic E-state index is 10.3. The second-order valence-electron chi connectivity index (χ2n) is 3.24. The minimum atomic E-state index is -0.806. The van der Waals surface area contributed by atoms with Crippen LogP contribution in [-0.4, -0.2) is 46.8 Å². The molecular formula is C8H17NO3. The molecule has 0 saturated heterocycles. The Hall–Kier alpha value is -0.610. The first-order valence-electron chi connectivity index (χ1n) is 4.03. The van der Waals surface area contributed by atoms with Gasteiger partial charge in [-0.1, -0.05) is 0 Å². The van der Waals surface area contributed by atoms with E-state index in [0.717, 1.165) is 0 Å². The fraction of sp³-hybridized carbons (Fsp3) is 0.875. The Morgan fingerprint density at radius 1 is 1.50 bits per heavy atom. The standard InChI is InChI=1S/C8H17NO3/c1-6(4-8(11)12)9(3)5-7(2)10/h6-7,10H,4-5H2,1-3H3,(H,11,12). The highest BCUT2D eigenvalue weighted by Gasteiger charge is 2.13. The molecule has 0 rings (SSSR count). The first kappa shape index (κ1) is 11.4. The quantitative estimate of drug-likeness (QED) is 0.625. The molecule has 0 aromatic heterocycles. The van der Waals surface area contributed by atoms with Crippen LogP contribution in [0.3, 0.4) is 0 Å². The zero-order chi connectivity index (χ0) is 9.72. The highest BCUT2D eigenvalue weighted by molar-refractivity contribution is 5.67. The average Bonchev–Trinajstić information content (AvgIpc) is 1.84. The highest BCUT2D eigenvalue weighted by Crippen LogP contribution is 2.01. The van der Waals surface area contributed by atoms with Crippen molar-refractivity contribution in [1.82, 2.24) is 4.90 Å². The smallest absolute Gasteiger partial charge is 0.304 e. The van der Waals surface area contributed by atoms with Gasteiger partial charge in [-0.15, -0.1) is 0 Å².